The average molecular weight is 406 g/mol. The third-order valence-corrected chi connectivity index (χ3v) is 4.17. The van der Waals surface area contributed by atoms with Crippen molar-refractivity contribution in [3.63, 3.8) is 0 Å². The van der Waals surface area contributed by atoms with Gasteiger partial charge in [-0.05, 0) is 57.2 Å². The molecule has 0 fully saturated rings. The fourth-order valence-corrected chi connectivity index (χ4v) is 2.77. The molecule has 1 aromatic heterocycles. The standard InChI is InChI=1S/C22H22N4O4/c1-4-29-22(28)16-9-11-17(12-10-16)25-20(27)13-30-26-21-14(2)23-18-7-5-6-8-19(18)24-15(21)3/h5-12H,4,13H2,1-3H3,(H,25,27). The lowest BCUT2D eigenvalue weighted by Gasteiger charge is -2.06. The summed E-state index contributed by atoms with van der Waals surface area (Å²) < 4.78 is 4.93. The lowest BCUT2D eigenvalue weighted by atomic mass is 10.2. The maximum Gasteiger partial charge on any atom is 0.338 e. The number of aryl methyl sites for hydroxylation is 2. The van der Waals surface area contributed by atoms with Crippen molar-refractivity contribution in [3.8, 4) is 0 Å². The van der Waals surface area contributed by atoms with Crippen molar-refractivity contribution < 1.29 is 19.2 Å². The van der Waals surface area contributed by atoms with E-state index in [0.717, 1.165) is 11.0 Å². The van der Waals surface area contributed by atoms with E-state index in [9.17, 15) is 9.59 Å². The van der Waals surface area contributed by atoms with Crippen LogP contribution in [0.3, 0.4) is 0 Å². The highest BCUT2D eigenvalue weighted by molar-refractivity contribution is 5.93. The Hall–Kier alpha value is -3.81. The van der Waals surface area contributed by atoms with Crippen LogP contribution in [0.2, 0.25) is 0 Å². The Bertz CT molecular complexity index is 1100. The van der Waals surface area contributed by atoms with E-state index in [0.29, 0.717) is 34.6 Å². The Balaban J connectivity index is 1.67. The minimum atomic E-state index is -0.408. The molecule has 3 rings (SSSR count). The quantitative estimate of drug-likeness (QED) is 0.499. The molecule has 0 aliphatic heterocycles. The number of hydrogen-bond donors (Lipinski definition) is 1. The van der Waals surface area contributed by atoms with Crippen molar-refractivity contribution in [2.75, 3.05) is 18.5 Å². The summed E-state index contributed by atoms with van der Waals surface area (Å²) in [4.78, 5) is 38.1. The molecule has 0 saturated carbocycles. The number of nitrogens with one attached hydrogen (secondary N) is 1. The molecule has 0 radical (unpaired) electrons. The molecule has 8 heteroatoms. The van der Waals surface area contributed by atoms with E-state index >= 15 is 0 Å². The van der Waals surface area contributed by atoms with Crippen LogP contribution in [-0.4, -0.2) is 35.1 Å². The van der Waals surface area contributed by atoms with Crippen LogP contribution in [-0.2, 0) is 14.4 Å². The van der Waals surface area contributed by atoms with Crippen molar-refractivity contribution in [3.05, 3.63) is 70.8 Å². The zero-order valence-electron chi connectivity index (χ0n) is 17.0. The molecule has 0 unspecified atom stereocenters. The number of nitrogens with zero attached hydrogens (tertiary/aromatic N) is 3. The molecule has 1 heterocycles. The van der Waals surface area contributed by atoms with Crippen LogP contribution in [0.5, 0.6) is 0 Å². The van der Waals surface area contributed by atoms with Gasteiger partial charge in [0.05, 0.1) is 34.6 Å². The van der Waals surface area contributed by atoms with Gasteiger partial charge in [-0.3, -0.25) is 4.79 Å². The van der Waals surface area contributed by atoms with Gasteiger partial charge in [0.1, 0.15) is 5.36 Å². The Morgan fingerprint density at radius 2 is 1.57 bits per heavy atom. The highest BCUT2D eigenvalue weighted by Gasteiger charge is 2.08. The number of anilines is 1. The number of aromatic nitrogens is 2. The van der Waals surface area contributed by atoms with E-state index in [1.807, 2.05) is 38.1 Å². The van der Waals surface area contributed by atoms with Crippen molar-refractivity contribution in [2.24, 2.45) is 5.16 Å². The molecule has 0 aliphatic carbocycles. The number of para-hydroxylation sites is 2. The van der Waals surface area contributed by atoms with Crippen LogP contribution in [0.25, 0.3) is 11.0 Å². The largest absolute Gasteiger partial charge is 0.462 e. The van der Waals surface area contributed by atoms with Crippen molar-refractivity contribution in [1.29, 1.82) is 0 Å². The van der Waals surface area contributed by atoms with E-state index in [1.54, 1.807) is 31.2 Å². The zero-order valence-corrected chi connectivity index (χ0v) is 17.0. The number of amides is 1. The molecule has 30 heavy (non-hydrogen) atoms. The number of carbonyl (C=O) groups excluding carboxylic acids is 2. The fourth-order valence-electron chi connectivity index (χ4n) is 2.77. The molecule has 1 N–H and O–H groups in total. The average Bonchev–Trinajstić information content (AvgIpc) is 2.84. The second kappa shape index (κ2) is 9.60. The molecule has 0 bridgehead atoms. The van der Waals surface area contributed by atoms with Crippen LogP contribution < -0.4 is 10.7 Å². The van der Waals surface area contributed by atoms with Crippen LogP contribution in [0.1, 0.15) is 28.7 Å². The topological polar surface area (TPSA) is 103 Å². The molecule has 1 amide bonds. The SMILES string of the molecule is CCOC(=O)c1ccc(NC(=O)CON=c2c(C)nc3ccccc3nc2C)cc1. The van der Waals surface area contributed by atoms with Gasteiger partial charge in [-0.25, -0.2) is 14.8 Å². The van der Waals surface area contributed by atoms with Gasteiger partial charge in [0.2, 0.25) is 0 Å². The number of fused-ring (bicyclic) bond motifs is 1. The number of carbonyl (C=O) groups is 2. The summed E-state index contributed by atoms with van der Waals surface area (Å²) in [5.74, 6) is -0.793. The first-order chi connectivity index (χ1) is 14.5. The minimum absolute atomic E-state index is 0.281. The van der Waals surface area contributed by atoms with Gasteiger partial charge in [-0.2, -0.15) is 0 Å². The number of ether oxygens (including phenoxy) is 1. The van der Waals surface area contributed by atoms with Gasteiger partial charge in [0.25, 0.3) is 5.91 Å². The molecule has 154 valence electrons. The Morgan fingerprint density at radius 3 is 2.13 bits per heavy atom. The van der Waals surface area contributed by atoms with Crippen LogP contribution in [0.15, 0.2) is 53.7 Å². The first-order valence-corrected chi connectivity index (χ1v) is 9.45. The number of hydrogen-bond acceptors (Lipinski definition) is 7. The Labute approximate surface area is 173 Å². The highest BCUT2D eigenvalue weighted by atomic mass is 16.6. The third kappa shape index (κ3) is 5.16. The predicted molar refractivity (Wildman–Crippen MR) is 112 cm³/mol. The van der Waals surface area contributed by atoms with Gasteiger partial charge in [0, 0.05) is 5.69 Å². The molecule has 0 spiro atoms. The van der Waals surface area contributed by atoms with Crippen LogP contribution >= 0.6 is 0 Å². The second-order valence-corrected chi connectivity index (χ2v) is 6.44. The van der Waals surface area contributed by atoms with Crippen molar-refractivity contribution in [1.82, 2.24) is 9.97 Å². The smallest absolute Gasteiger partial charge is 0.338 e. The third-order valence-electron chi connectivity index (χ3n) is 4.17. The summed E-state index contributed by atoms with van der Waals surface area (Å²) in [6, 6.07) is 13.9. The van der Waals surface area contributed by atoms with Crippen molar-refractivity contribution in [2.45, 2.75) is 20.8 Å². The van der Waals surface area contributed by atoms with Crippen LogP contribution in [0, 0.1) is 13.8 Å². The number of esters is 1. The summed E-state index contributed by atoms with van der Waals surface area (Å²) in [5.41, 5.74) is 3.75. The second-order valence-electron chi connectivity index (χ2n) is 6.44. The van der Waals surface area contributed by atoms with E-state index in [4.69, 9.17) is 9.57 Å². The maximum atomic E-state index is 12.1. The molecular formula is C22H22N4O4. The Morgan fingerprint density at radius 1 is 0.967 bits per heavy atom. The van der Waals surface area contributed by atoms with Gasteiger partial charge in [0.15, 0.2) is 6.61 Å². The molecule has 3 aromatic rings. The van der Waals surface area contributed by atoms with E-state index in [1.165, 1.54) is 0 Å². The van der Waals surface area contributed by atoms with Gasteiger partial charge < -0.3 is 14.9 Å². The zero-order chi connectivity index (χ0) is 21.5. The molecule has 0 aliphatic rings. The molecule has 0 saturated heterocycles. The lowest BCUT2D eigenvalue weighted by molar-refractivity contribution is -0.120. The molecule has 0 atom stereocenters. The van der Waals surface area contributed by atoms with E-state index in [-0.39, 0.29) is 12.5 Å². The summed E-state index contributed by atoms with van der Waals surface area (Å²) in [6.45, 7) is 5.39. The summed E-state index contributed by atoms with van der Waals surface area (Å²) in [7, 11) is 0. The Kier molecular flexibility index (Phi) is 6.69. The normalized spacial score (nSPS) is 10.4. The van der Waals surface area contributed by atoms with Crippen molar-refractivity contribution >= 4 is 28.6 Å². The lowest BCUT2D eigenvalue weighted by Crippen LogP contribution is -2.19. The van der Waals surface area contributed by atoms with Gasteiger partial charge in [-0.15, -0.1) is 0 Å². The maximum absolute atomic E-state index is 12.1. The summed E-state index contributed by atoms with van der Waals surface area (Å²) >= 11 is 0. The first kappa shape index (κ1) is 20.9. The highest BCUT2D eigenvalue weighted by Crippen LogP contribution is 2.11. The summed E-state index contributed by atoms with van der Waals surface area (Å²) in [6.07, 6.45) is 0. The van der Waals surface area contributed by atoms with Gasteiger partial charge >= 0.3 is 5.97 Å². The monoisotopic (exact) mass is 406 g/mol. The molecule has 2 aromatic carbocycles. The first-order valence-electron chi connectivity index (χ1n) is 9.45. The molecular weight excluding hydrogens is 384 g/mol. The van der Waals surface area contributed by atoms with Gasteiger partial charge in [-0.1, -0.05) is 17.3 Å². The number of benzene rings is 2. The van der Waals surface area contributed by atoms with E-state index < -0.39 is 5.97 Å². The van der Waals surface area contributed by atoms with E-state index in [2.05, 4.69) is 20.4 Å². The summed E-state index contributed by atoms with van der Waals surface area (Å²) in [5, 5.41) is 7.23. The fraction of sp³-hybridized carbons (Fsp3) is 0.227. The number of rotatable bonds is 6. The van der Waals surface area contributed by atoms with Crippen LogP contribution in [0.4, 0.5) is 5.69 Å². The minimum Gasteiger partial charge on any atom is -0.462 e. The molecule has 8 nitrogen and oxygen atoms in total. The predicted octanol–water partition coefficient (Wildman–Crippen LogP) is 2.89.